The second kappa shape index (κ2) is 13.3. The third kappa shape index (κ3) is 5.35. The molecule has 4 aliphatic rings. The zero-order valence-electron chi connectivity index (χ0n) is 27.5. The van der Waals surface area contributed by atoms with Crippen molar-refractivity contribution in [1.29, 1.82) is 0 Å². The number of amides is 5. The minimum absolute atomic E-state index is 0.0262. The van der Waals surface area contributed by atoms with Gasteiger partial charge in [-0.15, -0.1) is 0 Å². The Labute approximate surface area is 302 Å². The summed E-state index contributed by atoms with van der Waals surface area (Å²) < 4.78 is 15.8. The summed E-state index contributed by atoms with van der Waals surface area (Å²) in [6, 6.07) is 18.6. The molecule has 6 unspecified atom stereocenters. The lowest BCUT2D eigenvalue weighted by Gasteiger charge is -2.50. The van der Waals surface area contributed by atoms with Gasteiger partial charge in [0.15, 0.2) is 0 Å². The van der Waals surface area contributed by atoms with Crippen LogP contribution >= 0.6 is 23.2 Å². The first-order chi connectivity index (χ1) is 24.6. The molecule has 2 saturated heterocycles. The van der Waals surface area contributed by atoms with Crippen molar-refractivity contribution in [3.8, 4) is 11.5 Å². The SMILES string of the molecule is COC(=O)N1C(=O)C2CC=C3C(CC4C(=O)N(Nc5ccc(Cl)cc5Cl)C(=O)C4(c4ccc(OC)cc4)C3c3ccc(OCCO)cc3)C2C1=O. The summed E-state index contributed by atoms with van der Waals surface area (Å²) in [5, 5.41) is 10.8. The first-order valence-corrected chi connectivity index (χ1v) is 17.1. The van der Waals surface area contributed by atoms with Crippen molar-refractivity contribution in [2.24, 2.45) is 23.7 Å². The maximum atomic E-state index is 15.3. The van der Waals surface area contributed by atoms with E-state index in [0.717, 1.165) is 12.1 Å². The number of likely N-dealkylation sites (tertiary alicyclic amines) is 1. The number of nitrogens with one attached hydrogen (secondary N) is 1. The summed E-state index contributed by atoms with van der Waals surface area (Å²) in [5.41, 5.74) is 3.56. The molecule has 5 amide bonds. The molecule has 3 aromatic rings. The summed E-state index contributed by atoms with van der Waals surface area (Å²) in [4.78, 5) is 70.6. The maximum absolute atomic E-state index is 15.3. The van der Waals surface area contributed by atoms with Crippen LogP contribution in [0.4, 0.5) is 10.5 Å². The Kier molecular flexibility index (Phi) is 9.03. The fraction of sp³-hybridized carbons (Fsp3) is 0.324. The van der Waals surface area contributed by atoms with Gasteiger partial charge < -0.3 is 19.3 Å². The number of aliphatic hydroxyl groups excluding tert-OH is 1. The van der Waals surface area contributed by atoms with Crippen molar-refractivity contribution in [2.45, 2.75) is 24.2 Å². The predicted molar refractivity (Wildman–Crippen MR) is 184 cm³/mol. The number of allylic oxidation sites excluding steroid dienone is 2. The van der Waals surface area contributed by atoms with Gasteiger partial charge >= 0.3 is 6.09 Å². The molecule has 0 spiro atoms. The summed E-state index contributed by atoms with van der Waals surface area (Å²) >= 11 is 12.6. The topological polar surface area (TPSA) is 152 Å². The number of fused-ring (bicyclic) bond motifs is 4. The number of hydrazine groups is 1. The molecule has 0 bridgehead atoms. The zero-order chi connectivity index (χ0) is 36.2. The minimum Gasteiger partial charge on any atom is -0.497 e. The van der Waals surface area contributed by atoms with Crippen LogP contribution in [0, 0.1) is 23.7 Å². The highest BCUT2D eigenvalue weighted by Gasteiger charge is 2.70. The van der Waals surface area contributed by atoms with Crippen LogP contribution in [0.5, 0.6) is 11.5 Å². The predicted octanol–water partition coefficient (Wildman–Crippen LogP) is 5.12. The van der Waals surface area contributed by atoms with Crippen LogP contribution in [0.15, 0.2) is 78.4 Å². The lowest BCUT2D eigenvalue weighted by atomic mass is 9.49. The monoisotopic (exact) mass is 733 g/mol. The number of anilines is 1. The number of carbonyl (C=O) groups excluding carboxylic acids is 5. The van der Waals surface area contributed by atoms with Gasteiger partial charge in [-0.2, -0.15) is 9.91 Å². The van der Waals surface area contributed by atoms with E-state index in [1.807, 2.05) is 6.08 Å². The van der Waals surface area contributed by atoms with E-state index in [-0.39, 0.29) is 36.8 Å². The molecular formula is C37H33Cl2N3O9. The van der Waals surface area contributed by atoms with Crippen LogP contribution in [0.25, 0.3) is 0 Å². The van der Waals surface area contributed by atoms with Crippen molar-refractivity contribution < 1.29 is 43.3 Å². The van der Waals surface area contributed by atoms with Crippen LogP contribution < -0.4 is 14.9 Å². The summed E-state index contributed by atoms with van der Waals surface area (Å²) in [6.45, 7) is -0.110. The average molecular weight is 735 g/mol. The van der Waals surface area contributed by atoms with Gasteiger partial charge in [0.1, 0.15) is 18.1 Å². The van der Waals surface area contributed by atoms with Crippen LogP contribution in [-0.2, 0) is 29.3 Å². The lowest BCUT2D eigenvalue weighted by Crippen LogP contribution is -2.53. The van der Waals surface area contributed by atoms with Crippen molar-refractivity contribution in [2.75, 3.05) is 32.9 Å². The molecule has 14 heteroatoms. The van der Waals surface area contributed by atoms with Gasteiger partial charge in [0.25, 0.3) is 11.8 Å². The third-order valence-electron chi connectivity index (χ3n) is 10.5. The number of nitrogens with zero attached hydrogens (tertiary/aromatic N) is 2. The molecule has 2 N–H and O–H groups in total. The van der Waals surface area contributed by atoms with E-state index in [0.29, 0.717) is 38.1 Å². The number of halogens is 2. The number of ether oxygens (including phenoxy) is 3. The molecule has 51 heavy (non-hydrogen) atoms. The number of hydrogen-bond donors (Lipinski definition) is 2. The smallest absolute Gasteiger partial charge is 0.423 e. The Morgan fingerprint density at radius 1 is 0.922 bits per heavy atom. The van der Waals surface area contributed by atoms with Gasteiger partial charge in [0, 0.05) is 10.9 Å². The van der Waals surface area contributed by atoms with Crippen LogP contribution in [0.2, 0.25) is 10.0 Å². The number of hydrogen-bond acceptors (Lipinski definition) is 10. The highest BCUT2D eigenvalue weighted by molar-refractivity contribution is 6.36. The van der Waals surface area contributed by atoms with E-state index >= 15 is 4.79 Å². The molecule has 6 atom stereocenters. The van der Waals surface area contributed by atoms with Crippen LogP contribution in [0.1, 0.15) is 29.9 Å². The molecule has 2 aliphatic carbocycles. The van der Waals surface area contributed by atoms with Gasteiger partial charge in [-0.1, -0.05) is 59.1 Å². The highest BCUT2D eigenvalue weighted by Crippen LogP contribution is 2.64. The van der Waals surface area contributed by atoms with Crippen molar-refractivity contribution in [1.82, 2.24) is 9.91 Å². The molecular weight excluding hydrogens is 701 g/mol. The van der Waals surface area contributed by atoms with E-state index in [9.17, 15) is 24.3 Å². The number of benzene rings is 3. The summed E-state index contributed by atoms with van der Waals surface area (Å²) in [7, 11) is 2.62. The zero-order valence-corrected chi connectivity index (χ0v) is 29.0. The van der Waals surface area contributed by atoms with Crippen molar-refractivity contribution in [3.05, 3.63) is 99.6 Å². The molecule has 0 radical (unpaired) electrons. The largest absolute Gasteiger partial charge is 0.497 e. The molecule has 1 saturated carbocycles. The number of rotatable bonds is 8. The van der Waals surface area contributed by atoms with E-state index in [2.05, 4.69) is 5.43 Å². The number of aliphatic hydroxyl groups is 1. The molecule has 3 aromatic carbocycles. The van der Waals surface area contributed by atoms with Gasteiger partial charge in [-0.25, -0.2) is 4.79 Å². The van der Waals surface area contributed by atoms with E-state index in [1.165, 1.54) is 13.2 Å². The van der Waals surface area contributed by atoms with Crippen molar-refractivity contribution in [3.63, 3.8) is 0 Å². The molecule has 3 fully saturated rings. The molecule has 12 nitrogen and oxygen atoms in total. The first kappa shape index (κ1) is 34.5. The van der Waals surface area contributed by atoms with Gasteiger partial charge in [0.2, 0.25) is 11.8 Å². The van der Waals surface area contributed by atoms with Crippen LogP contribution in [0.3, 0.4) is 0 Å². The summed E-state index contributed by atoms with van der Waals surface area (Å²) in [6.07, 6.45) is 0.973. The second-order valence-corrected chi connectivity index (χ2v) is 13.7. The minimum atomic E-state index is -1.55. The van der Waals surface area contributed by atoms with Gasteiger partial charge in [-0.3, -0.25) is 24.6 Å². The Bertz CT molecular complexity index is 1970. The Balaban J connectivity index is 1.44. The Morgan fingerprint density at radius 2 is 1.63 bits per heavy atom. The summed E-state index contributed by atoms with van der Waals surface area (Å²) in [5.74, 6) is -5.79. The molecule has 2 aliphatic heterocycles. The fourth-order valence-corrected chi connectivity index (χ4v) is 8.86. The van der Waals surface area contributed by atoms with E-state index in [1.54, 1.807) is 60.7 Å². The number of carbonyl (C=O) groups is 5. The lowest BCUT2D eigenvalue weighted by molar-refractivity contribution is -0.140. The Morgan fingerprint density at radius 3 is 2.27 bits per heavy atom. The average Bonchev–Trinajstić information content (AvgIpc) is 3.52. The normalized spacial score (nSPS) is 26.7. The number of imide groups is 4. The quantitative estimate of drug-likeness (QED) is 0.236. The van der Waals surface area contributed by atoms with E-state index in [4.69, 9.17) is 37.4 Å². The molecule has 2 heterocycles. The second-order valence-electron chi connectivity index (χ2n) is 12.8. The maximum Gasteiger partial charge on any atom is 0.423 e. The highest BCUT2D eigenvalue weighted by atomic mass is 35.5. The Hall–Kier alpha value is -4.91. The van der Waals surface area contributed by atoms with Gasteiger partial charge in [0.05, 0.1) is 54.7 Å². The molecule has 264 valence electrons. The molecule has 0 aromatic heterocycles. The molecule has 7 rings (SSSR count). The third-order valence-corrected chi connectivity index (χ3v) is 11.1. The van der Waals surface area contributed by atoms with E-state index < -0.39 is 64.7 Å². The first-order valence-electron chi connectivity index (χ1n) is 16.3. The number of methoxy groups -OCH3 is 2. The standard InChI is InChI=1S/C37H33Cl2N3O9/c1-49-22-10-5-20(6-11-22)37-27(33(45)42(35(37)47)40-29-14-7-21(38)17-28(29)39)18-26-24(31(37)19-3-8-23(9-4-19)51-16-15-43)12-13-25-30(26)34(46)41(32(25)44)36(48)50-2/h3-12,14,17,25-27,30-31,40,43H,13,15-16,18H2,1-2H3. The fourth-order valence-electron chi connectivity index (χ4n) is 8.41. The van der Waals surface area contributed by atoms with Gasteiger partial charge in [-0.05, 0) is 72.4 Å². The van der Waals surface area contributed by atoms with Crippen molar-refractivity contribution >= 4 is 58.6 Å². The van der Waals surface area contributed by atoms with Crippen LogP contribution in [-0.4, -0.2) is 72.2 Å².